The summed E-state index contributed by atoms with van der Waals surface area (Å²) in [5.74, 6) is -1.42. The molecule has 0 aliphatic carbocycles. The van der Waals surface area contributed by atoms with Gasteiger partial charge in [-0.15, -0.1) is 0 Å². The van der Waals surface area contributed by atoms with E-state index in [9.17, 15) is 20.1 Å². The molecule has 0 saturated carbocycles. The summed E-state index contributed by atoms with van der Waals surface area (Å²) in [6.45, 7) is 0. The molecular weight excluding hydrogens is 288 g/mol. The van der Waals surface area contributed by atoms with E-state index in [1.54, 1.807) is 24.3 Å². The summed E-state index contributed by atoms with van der Waals surface area (Å²) < 4.78 is 10.7. The molecule has 3 N–H and O–H groups in total. The molecule has 0 saturated heterocycles. The summed E-state index contributed by atoms with van der Waals surface area (Å²) in [6.07, 6.45) is 0. The molecule has 3 aromatic rings. The third-order valence-corrected chi connectivity index (χ3v) is 3.34. The molecule has 6 nitrogen and oxygen atoms in total. The molecule has 0 aliphatic heterocycles. The molecule has 0 amide bonds. The maximum atomic E-state index is 12.3. The van der Waals surface area contributed by atoms with Crippen molar-refractivity contribution in [3.8, 4) is 34.3 Å². The fraction of sp³-hybridized carbons (Fsp3) is 0.0625. The zero-order chi connectivity index (χ0) is 15.9. The van der Waals surface area contributed by atoms with Crippen molar-refractivity contribution in [2.75, 3.05) is 7.11 Å². The lowest BCUT2D eigenvalue weighted by molar-refractivity contribution is 0.404. The zero-order valence-electron chi connectivity index (χ0n) is 11.5. The van der Waals surface area contributed by atoms with Gasteiger partial charge in [0.15, 0.2) is 17.3 Å². The second kappa shape index (κ2) is 5.00. The van der Waals surface area contributed by atoms with Gasteiger partial charge in [0.2, 0.25) is 11.2 Å². The number of para-hydroxylation sites is 1. The van der Waals surface area contributed by atoms with Gasteiger partial charge >= 0.3 is 0 Å². The third kappa shape index (κ3) is 1.93. The molecular formula is C16H12O6. The molecule has 22 heavy (non-hydrogen) atoms. The van der Waals surface area contributed by atoms with Gasteiger partial charge in [-0.05, 0) is 24.3 Å². The van der Waals surface area contributed by atoms with Gasteiger partial charge in [0.05, 0.1) is 12.7 Å². The van der Waals surface area contributed by atoms with E-state index in [0.29, 0.717) is 11.3 Å². The molecule has 2 aromatic carbocycles. The largest absolute Gasteiger partial charge is 0.504 e. The lowest BCUT2D eigenvalue weighted by Gasteiger charge is -2.10. The Balaban J connectivity index is 2.40. The highest BCUT2D eigenvalue weighted by molar-refractivity contribution is 5.89. The van der Waals surface area contributed by atoms with Gasteiger partial charge in [-0.1, -0.05) is 12.1 Å². The van der Waals surface area contributed by atoms with Crippen molar-refractivity contribution in [1.29, 1.82) is 0 Å². The Bertz CT molecular complexity index is 926. The number of hydrogen-bond donors (Lipinski definition) is 3. The Morgan fingerprint density at radius 1 is 1.00 bits per heavy atom. The Labute approximate surface area is 124 Å². The highest BCUT2D eigenvalue weighted by Gasteiger charge is 2.21. The van der Waals surface area contributed by atoms with Gasteiger partial charge < -0.3 is 24.5 Å². The summed E-state index contributed by atoms with van der Waals surface area (Å²) in [6, 6.07) is 9.27. The Hall–Kier alpha value is -3.15. The zero-order valence-corrected chi connectivity index (χ0v) is 11.5. The fourth-order valence-corrected chi connectivity index (χ4v) is 2.26. The highest BCUT2D eigenvalue weighted by atomic mass is 16.5. The van der Waals surface area contributed by atoms with Crippen LogP contribution in [0.15, 0.2) is 45.6 Å². The number of benzene rings is 2. The topological polar surface area (TPSA) is 100 Å². The SMILES string of the molecule is COc1ccccc1-c1oc2ccc(O)c(O)c2c(=O)c1O. The summed E-state index contributed by atoms with van der Waals surface area (Å²) in [5, 5.41) is 29.1. The average Bonchev–Trinajstić information content (AvgIpc) is 2.54. The van der Waals surface area contributed by atoms with Crippen LogP contribution in [-0.2, 0) is 0 Å². The van der Waals surface area contributed by atoms with Crippen LogP contribution in [0, 0.1) is 0 Å². The summed E-state index contributed by atoms with van der Waals surface area (Å²) in [5.41, 5.74) is -0.399. The fourth-order valence-electron chi connectivity index (χ4n) is 2.26. The number of phenolic OH excluding ortho intramolecular Hbond substituents is 2. The first kappa shape index (κ1) is 13.8. The van der Waals surface area contributed by atoms with E-state index < -0.39 is 22.7 Å². The maximum Gasteiger partial charge on any atom is 0.238 e. The number of ether oxygens (including phenoxy) is 1. The van der Waals surface area contributed by atoms with Gasteiger partial charge in [-0.25, -0.2) is 0 Å². The van der Waals surface area contributed by atoms with Crippen molar-refractivity contribution in [2.24, 2.45) is 0 Å². The first-order chi connectivity index (χ1) is 10.5. The van der Waals surface area contributed by atoms with E-state index in [1.807, 2.05) is 0 Å². The molecule has 0 atom stereocenters. The third-order valence-electron chi connectivity index (χ3n) is 3.34. The molecule has 6 heteroatoms. The van der Waals surface area contributed by atoms with E-state index in [4.69, 9.17) is 9.15 Å². The molecule has 3 rings (SSSR count). The van der Waals surface area contributed by atoms with Crippen LogP contribution in [0.5, 0.6) is 23.0 Å². The predicted molar refractivity (Wildman–Crippen MR) is 79.5 cm³/mol. The number of rotatable bonds is 2. The van der Waals surface area contributed by atoms with Gasteiger partial charge in [0, 0.05) is 0 Å². The summed E-state index contributed by atoms with van der Waals surface area (Å²) >= 11 is 0. The monoisotopic (exact) mass is 300 g/mol. The molecule has 0 radical (unpaired) electrons. The quantitative estimate of drug-likeness (QED) is 0.629. The minimum atomic E-state index is -0.837. The van der Waals surface area contributed by atoms with Crippen molar-refractivity contribution in [1.82, 2.24) is 0 Å². The Kier molecular flexibility index (Phi) is 3.14. The van der Waals surface area contributed by atoms with Crippen LogP contribution in [0.3, 0.4) is 0 Å². The summed E-state index contributed by atoms with van der Waals surface area (Å²) in [7, 11) is 1.46. The van der Waals surface area contributed by atoms with Crippen molar-refractivity contribution in [3.63, 3.8) is 0 Å². The molecule has 0 aliphatic rings. The van der Waals surface area contributed by atoms with E-state index in [0.717, 1.165) is 0 Å². The lowest BCUT2D eigenvalue weighted by Crippen LogP contribution is -2.03. The highest BCUT2D eigenvalue weighted by Crippen LogP contribution is 2.39. The van der Waals surface area contributed by atoms with Gasteiger partial charge in [-0.3, -0.25) is 4.79 Å². The molecule has 1 heterocycles. The molecule has 0 fully saturated rings. The Morgan fingerprint density at radius 2 is 1.73 bits per heavy atom. The minimum absolute atomic E-state index is 0.0407. The van der Waals surface area contributed by atoms with Gasteiger partial charge in [0.1, 0.15) is 16.7 Å². The van der Waals surface area contributed by atoms with Crippen LogP contribution < -0.4 is 10.2 Å². The van der Waals surface area contributed by atoms with Crippen molar-refractivity contribution in [3.05, 3.63) is 46.6 Å². The molecule has 112 valence electrons. The average molecular weight is 300 g/mol. The lowest BCUT2D eigenvalue weighted by atomic mass is 10.1. The number of methoxy groups -OCH3 is 1. The smallest absolute Gasteiger partial charge is 0.238 e. The van der Waals surface area contributed by atoms with Crippen LogP contribution in [0.4, 0.5) is 0 Å². The maximum absolute atomic E-state index is 12.3. The van der Waals surface area contributed by atoms with E-state index in [-0.39, 0.29) is 16.7 Å². The number of fused-ring (bicyclic) bond motifs is 1. The van der Waals surface area contributed by atoms with Gasteiger partial charge in [0.25, 0.3) is 0 Å². The molecule has 0 bridgehead atoms. The predicted octanol–water partition coefficient (Wildman–Crippen LogP) is 2.59. The molecule has 0 spiro atoms. The van der Waals surface area contributed by atoms with E-state index in [1.165, 1.54) is 19.2 Å². The van der Waals surface area contributed by atoms with Crippen LogP contribution in [0.25, 0.3) is 22.3 Å². The Morgan fingerprint density at radius 3 is 2.45 bits per heavy atom. The first-order valence-electron chi connectivity index (χ1n) is 6.38. The second-order valence-electron chi connectivity index (χ2n) is 4.62. The summed E-state index contributed by atoms with van der Waals surface area (Å²) in [4.78, 5) is 12.3. The number of phenols is 2. The van der Waals surface area contributed by atoms with E-state index >= 15 is 0 Å². The van der Waals surface area contributed by atoms with Crippen molar-refractivity contribution < 1.29 is 24.5 Å². The number of aromatic hydroxyl groups is 3. The van der Waals surface area contributed by atoms with Crippen LogP contribution in [0.2, 0.25) is 0 Å². The molecule has 1 aromatic heterocycles. The second-order valence-corrected chi connectivity index (χ2v) is 4.62. The van der Waals surface area contributed by atoms with Crippen molar-refractivity contribution >= 4 is 11.0 Å². The van der Waals surface area contributed by atoms with Crippen LogP contribution in [-0.4, -0.2) is 22.4 Å². The first-order valence-corrected chi connectivity index (χ1v) is 6.38. The normalized spacial score (nSPS) is 10.8. The van der Waals surface area contributed by atoms with Crippen LogP contribution >= 0.6 is 0 Å². The standard InChI is InChI=1S/C16H12O6/c1-21-10-5-3-2-4-8(10)16-15(20)14(19)12-11(22-16)7-6-9(17)13(12)18/h2-7,17-18,20H,1H3. The van der Waals surface area contributed by atoms with Crippen LogP contribution in [0.1, 0.15) is 0 Å². The minimum Gasteiger partial charge on any atom is -0.504 e. The molecule has 0 unspecified atom stereocenters. The van der Waals surface area contributed by atoms with E-state index in [2.05, 4.69) is 0 Å². The number of hydrogen-bond acceptors (Lipinski definition) is 6. The van der Waals surface area contributed by atoms with Gasteiger partial charge in [-0.2, -0.15) is 0 Å². The van der Waals surface area contributed by atoms with Crippen molar-refractivity contribution in [2.45, 2.75) is 0 Å².